The minimum atomic E-state index is -0.266. The number of aliphatic hydroxyl groups is 1. The number of β-amino-alcohol motifs (C(OH)–C–C–N with tert-alkyl or cyclic N) is 1. The van der Waals surface area contributed by atoms with Crippen LogP contribution >= 0.6 is 0 Å². The Balaban J connectivity index is 2.23. The third-order valence-electron chi connectivity index (χ3n) is 3.93. The first-order valence-electron chi connectivity index (χ1n) is 7.21. The lowest BCUT2D eigenvalue weighted by Crippen LogP contribution is -2.45. The highest BCUT2D eigenvalue weighted by molar-refractivity contribution is 5.15. The van der Waals surface area contributed by atoms with Gasteiger partial charge in [-0.2, -0.15) is 5.10 Å². The van der Waals surface area contributed by atoms with Gasteiger partial charge in [0.2, 0.25) is 0 Å². The molecular formula is C14H27N5O. The highest BCUT2D eigenvalue weighted by Crippen LogP contribution is 2.31. The Morgan fingerprint density at radius 2 is 2.25 bits per heavy atom. The van der Waals surface area contributed by atoms with E-state index in [0.29, 0.717) is 12.6 Å². The second-order valence-electron chi connectivity index (χ2n) is 6.25. The van der Waals surface area contributed by atoms with Gasteiger partial charge in [-0.3, -0.25) is 9.58 Å². The molecule has 2 rings (SSSR count). The molecule has 20 heavy (non-hydrogen) atoms. The van der Waals surface area contributed by atoms with Gasteiger partial charge in [-0.1, -0.05) is 0 Å². The van der Waals surface area contributed by atoms with Gasteiger partial charge in [-0.15, -0.1) is 0 Å². The lowest BCUT2D eigenvalue weighted by molar-refractivity contribution is 0.123. The molecule has 4 atom stereocenters. The molecule has 1 aliphatic rings. The van der Waals surface area contributed by atoms with Crippen LogP contribution in [0.3, 0.4) is 0 Å². The third-order valence-corrected chi connectivity index (χ3v) is 3.93. The molecule has 2 heterocycles. The van der Waals surface area contributed by atoms with Crippen molar-refractivity contribution in [2.45, 2.75) is 37.6 Å². The van der Waals surface area contributed by atoms with Gasteiger partial charge in [-0.05, 0) is 27.4 Å². The fourth-order valence-electron chi connectivity index (χ4n) is 3.25. The number of aryl methyl sites for hydroxylation is 1. The predicted molar refractivity (Wildman–Crippen MR) is 79.3 cm³/mol. The number of likely N-dealkylation sites (N-methyl/N-ethyl adjacent to an activating group) is 1. The van der Waals surface area contributed by atoms with Crippen molar-refractivity contribution >= 4 is 0 Å². The van der Waals surface area contributed by atoms with E-state index in [1.807, 2.05) is 26.4 Å². The molecule has 0 saturated carbocycles. The van der Waals surface area contributed by atoms with E-state index in [0.717, 1.165) is 18.5 Å². The summed E-state index contributed by atoms with van der Waals surface area (Å²) in [6, 6.07) is 0.427. The summed E-state index contributed by atoms with van der Waals surface area (Å²) in [4.78, 5) is 4.50. The molecule has 1 fully saturated rings. The number of likely N-dealkylation sites (tertiary alicyclic amines) is 1. The maximum Gasteiger partial charge on any atom is 0.0682 e. The first-order valence-corrected chi connectivity index (χ1v) is 7.21. The van der Waals surface area contributed by atoms with Crippen LogP contribution in [-0.4, -0.2) is 70.1 Å². The van der Waals surface area contributed by atoms with Gasteiger partial charge in [0, 0.05) is 44.0 Å². The summed E-state index contributed by atoms with van der Waals surface area (Å²) in [5.74, 6) is 0. The summed E-state index contributed by atoms with van der Waals surface area (Å²) in [7, 11) is 6.04. The average molecular weight is 281 g/mol. The second kappa shape index (κ2) is 6.22. The number of hydrogen-bond acceptors (Lipinski definition) is 5. The Kier molecular flexibility index (Phi) is 4.80. The zero-order valence-corrected chi connectivity index (χ0v) is 12.9. The molecule has 6 nitrogen and oxygen atoms in total. The van der Waals surface area contributed by atoms with Crippen molar-refractivity contribution in [3.05, 3.63) is 18.0 Å². The van der Waals surface area contributed by atoms with Gasteiger partial charge >= 0.3 is 0 Å². The van der Waals surface area contributed by atoms with Gasteiger partial charge in [0.25, 0.3) is 0 Å². The van der Waals surface area contributed by atoms with E-state index in [4.69, 9.17) is 5.73 Å². The van der Waals surface area contributed by atoms with E-state index in [9.17, 15) is 5.11 Å². The predicted octanol–water partition coefficient (Wildman–Crippen LogP) is -0.195. The highest BCUT2D eigenvalue weighted by Gasteiger charge is 2.38. The van der Waals surface area contributed by atoms with Crippen molar-refractivity contribution < 1.29 is 5.11 Å². The lowest BCUT2D eigenvalue weighted by atomic mass is 10.0. The van der Waals surface area contributed by atoms with Gasteiger partial charge in [0.05, 0.1) is 18.3 Å². The number of nitrogens with two attached hydrogens (primary N) is 1. The van der Waals surface area contributed by atoms with Crippen LogP contribution in [-0.2, 0) is 7.05 Å². The van der Waals surface area contributed by atoms with E-state index < -0.39 is 0 Å². The molecule has 0 aromatic carbocycles. The second-order valence-corrected chi connectivity index (χ2v) is 6.25. The summed E-state index contributed by atoms with van der Waals surface area (Å²) in [6.45, 7) is 3.63. The van der Waals surface area contributed by atoms with Gasteiger partial charge in [0.1, 0.15) is 0 Å². The van der Waals surface area contributed by atoms with Crippen LogP contribution in [0, 0.1) is 0 Å². The Labute approximate surface area is 121 Å². The summed E-state index contributed by atoms with van der Waals surface area (Å²) in [6.07, 6.45) is 4.44. The summed E-state index contributed by atoms with van der Waals surface area (Å²) >= 11 is 0. The highest BCUT2D eigenvalue weighted by atomic mass is 16.3. The SMILES string of the molecule is CC(N)C(c1cnn(C)c1)N1CC(O)CC1CN(C)C. The molecule has 0 bridgehead atoms. The van der Waals surface area contributed by atoms with E-state index in [1.54, 1.807) is 4.68 Å². The topological polar surface area (TPSA) is 70.5 Å². The van der Waals surface area contributed by atoms with Crippen molar-refractivity contribution in [3.8, 4) is 0 Å². The van der Waals surface area contributed by atoms with E-state index in [1.165, 1.54) is 0 Å². The maximum atomic E-state index is 10.0. The average Bonchev–Trinajstić information content (AvgIpc) is 2.86. The first-order chi connectivity index (χ1) is 9.38. The van der Waals surface area contributed by atoms with Crippen molar-refractivity contribution in [2.24, 2.45) is 12.8 Å². The van der Waals surface area contributed by atoms with Gasteiger partial charge < -0.3 is 15.7 Å². The first kappa shape index (κ1) is 15.4. The maximum absolute atomic E-state index is 10.0. The quantitative estimate of drug-likeness (QED) is 0.782. The van der Waals surface area contributed by atoms with Crippen molar-refractivity contribution in [2.75, 3.05) is 27.2 Å². The molecular weight excluding hydrogens is 254 g/mol. The van der Waals surface area contributed by atoms with Crippen LogP contribution in [0.1, 0.15) is 24.9 Å². The Hall–Kier alpha value is -0.950. The molecule has 4 unspecified atom stereocenters. The van der Waals surface area contributed by atoms with E-state index in [-0.39, 0.29) is 18.2 Å². The molecule has 3 N–H and O–H groups in total. The standard InChI is InChI=1S/C14H27N5O/c1-10(15)14(11-6-16-18(4)7-11)19-9-13(20)5-12(19)8-17(2)3/h6-7,10,12-14,20H,5,8-9,15H2,1-4H3. The zero-order valence-electron chi connectivity index (χ0n) is 12.9. The molecule has 1 aliphatic heterocycles. The van der Waals surface area contributed by atoms with Crippen LogP contribution in [0.25, 0.3) is 0 Å². The molecule has 0 aliphatic carbocycles. The van der Waals surface area contributed by atoms with Crippen LogP contribution in [0.2, 0.25) is 0 Å². The van der Waals surface area contributed by atoms with Crippen LogP contribution in [0.15, 0.2) is 12.4 Å². The molecule has 0 radical (unpaired) electrons. The van der Waals surface area contributed by atoms with Crippen LogP contribution in [0.5, 0.6) is 0 Å². The van der Waals surface area contributed by atoms with Crippen molar-refractivity contribution in [1.82, 2.24) is 19.6 Å². The Bertz CT molecular complexity index is 431. The number of rotatable bonds is 5. The number of aromatic nitrogens is 2. The number of hydrogen-bond donors (Lipinski definition) is 2. The van der Waals surface area contributed by atoms with Crippen molar-refractivity contribution in [1.29, 1.82) is 0 Å². The van der Waals surface area contributed by atoms with Gasteiger partial charge in [0.15, 0.2) is 0 Å². The normalized spacial score (nSPS) is 27.1. The molecule has 114 valence electrons. The lowest BCUT2D eigenvalue weighted by Gasteiger charge is -2.35. The zero-order chi connectivity index (χ0) is 14.9. The molecule has 1 aromatic rings. The van der Waals surface area contributed by atoms with Crippen LogP contribution < -0.4 is 5.73 Å². The van der Waals surface area contributed by atoms with Crippen LogP contribution in [0.4, 0.5) is 0 Å². The van der Waals surface area contributed by atoms with Crippen molar-refractivity contribution in [3.63, 3.8) is 0 Å². The largest absolute Gasteiger partial charge is 0.392 e. The van der Waals surface area contributed by atoms with Gasteiger partial charge in [-0.25, -0.2) is 0 Å². The minimum absolute atomic E-state index is 0.00541. The summed E-state index contributed by atoms with van der Waals surface area (Å²) < 4.78 is 1.80. The van der Waals surface area contributed by atoms with E-state index >= 15 is 0 Å². The third kappa shape index (κ3) is 3.38. The fourth-order valence-corrected chi connectivity index (χ4v) is 3.25. The molecule has 0 spiro atoms. The molecule has 6 heteroatoms. The Morgan fingerprint density at radius 3 is 2.75 bits per heavy atom. The summed E-state index contributed by atoms with van der Waals surface area (Å²) in [5.41, 5.74) is 7.35. The Morgan fingerprint density at radius 1 is 1.55 bits per heavy atom. The number of nitrogens with zero attached hydrogens (tertiary/aromatic N) is 4. The van der Waals surface area contributed by atoms with E-state index in [2.05, 4.69) is 29.0 Å². The summed E-state index contributed by atoms with van der Waals surface area (Å²) in [5, 5.41) is 14.3. The molecule has 1 aromatic heterocycles. The number of aliphatic hydroxyl groups excluding tert-OH is 1. The smallest absolute Gasteiger partial charge is 0.0682 e. The molecule has 1 saturated heterocycles. The molecule has 0 amide bonds. The monoisotopic (exact) mass is 281 g/mol. The fraction of sp³-hybridized carbons (Fsp3) is 0.786. The minimum Gasteiger partial charge on any atom is -0.392 e.